The van der Waals surface area contributed by atoms with Gasteiger partial charge in [0.05, 0.1) is 11.8 Å². The zero-order valence-corrected chi connectivity index (χ0v) is 17.1. The number of aromatic nitrogens is 2. The molecule has 3 heterocycles. The zero-order chi connectivity index (χ0) is 19.6. The molecule has 2 aromatic rings. The summed E-state index contributed by atoms with van der Waals surface area (Å²) in [6, 6.07) is 5.70. The number of rotatable bonds is 6. The van der Waals surface area contributed by atoms with Crippen molar-refractivity contribution >= 4 is 21.4 Å². The molecule has 0 bridgehead atoms. The standard InChI is InChI=1S/C19H28N4O3S/c1-4-5-11-21(2)19(24)17-16-10-6-7-13-23(16)18(20-17)15-9-8-12-22(14-15)27(3,25)26/h6-7,10,13,15H,4-5,8-9,11-12,14H2,1-3H3/t15-/m0/s1. The van der Waals surface area contributed by atoms with E-state index in [1.54, 1.807) is 11.9 Å². The van der Waals surface area contributed by atoms with E-state index in [-0.39, 0.29) is 11.8 Å². The molecule has 0 saturated carbocycles. The Morgan fingerprint density at radius 1 is 1.37 bits per heavy atom. The van der Waals surface area contributed by atoms with Crippen LogP contribution >= 0.6 is 0 Å². The van der Waals surface area contributed by atoms with Crippen LogP contribution in [0.2, 0.25) is 0 Å². The molecule has 0 radical (unpaired) electrons. The summed E-state index contributed by atoms with van der Waals surface area (Å²) in [7, 11) is -1.43. The maximum Gasteiger partial charge on any atom is 0.274 e. The maximum atomic E-state index is 12.9. The molecule has 148 valence electrons. The molecule has 1 atom stereocenters. The molecular weight excluding hydrogens is 364 g/mol. The predicted molar refractivity (Wildman–Crippen MR) is 105 cm³/mol. The van der Waals surface area contributed by atoms with E-state index in [0.717, 1.165) is 37.0 Å². The van der Waals surface area contributed by atoms with Crippen molar-refractivity contribution in [1.29, 1.82) is 0 Å². The minimum Gasteiger partial charge on any atom is -0.340 e. The van der Waals surface area contributed by atoms with Crippen LogP contribution in [0.4, 0.5) is 0 Å². The number of hydrogen-bond acceptors (Lipinski definition) is 4. The molecule has 3 rings (SSSR count). The highest BCUT2D eigenvalue weighted by Crippen LogP contribution is 2.29. The highest BCUT2D eigenvalue weighted by molar-refractivity contribution is 7.88. The third-order valence-electron chi connectivity index (χ3n) is 5.19. The van der Waals surface area contributed by atoms with Crippen LogP contribution in [0.1, 0.15) is 54.8 Å². The Hall–Kier alpha value is -1.93. The van der Waals surface area contributed by atoms with Crippen LogP contribution in [0.3, 0.4) is 0 Å². The van der Waals surface area contributed by atoms with Gasteiger partial charge in [-0.1, -0.05) is 19.4 Å². The molecule has 1 saturated heterocycles. The van der Waals surface area contributed by atoms with Gasteiger partial charge >= 0.3 is 0 Å². The molecule has 1 aliphatic heterocycles. The lowest BCUT2D eigenvalue weighted by molar-refractivity contribution is 0.0789. The molecule has 27 heavy (non-hydrogen) atoms. The van der Waals surface area contributed by atoms with E-state index in [4.69, 9.17) is 4.98 Å². The molecule has 0 unspecified atom stereocenters. The lowest BCUT2D eigenvalue weighted by Gasteiger charge is -2.30. The highest BCUT2D eigenvalue weighted by atomic mass is 32.2. The molecule has 0 aliphatic carbocycles. The summed E-state index contributed by atoms with van der Waals surface area (Å²) in [4.78, 5) is 19.4. The molecule has 2 aromatic heterocycles. The van der Waals surface area contributed by atoms with Crippen molar-refractivity contribution < 1.29 is 13.2 Å². The van der Waals surface area contributed by atoms with E-state index in [1.165, 1.54) is 10.6 Å². The van der Waals surface area contributed by atoms with Gasteiger partial charge in [-0.2, -0.15) is 0 Å². The molecule has 0 N–H and O–H groups in total. The Balaban J connectivity index is 1.96. The van der Waals surface area contributed by atoms with Crippen LogP contribution in [-0.2, 0) is 10.0 Å². The second-order valence-electron chi connectivity index (χ2n) is 7.31. The van der Waals surface area contributed by atoms with Gasteiger partial charge in [0, 0.05) is 38.8 Å². The van der Waals surface area contributed by atoms with Gasteiger partial charge in [0.1, 0.15) is 5.82 Å². The number of pyridine rings is 1. The minimum atomic E-state index is -3.23. The van der Waals surface area contributed by atoms with E-state index in [0.29, 0.717) is 25.3 Å². The first-order chi connectivity index (χ1) is 12.8. The summed E-state index contributed by atoms with van der Waals surface area (Å²) >= 11 is 0. The lowest BCUT2D eigenvalue weighted by Crippen LogP contribution is -2.38. The number of fused-ring (bicyclic) bond motifs is 1. The van der Waals surface area contributed by atoms with Gasteiger partial charge < -0.3 is 9.30 Å². The van der Waals surface area contributed by atoms with Gasteiger partial charge in [-0.25, -0.2) is 17.7 Å². The average molecular weight is 393 g/mol. The van der Waals surface area contributed by atoms with Crippen LogP contribution in [0.15, 0.2) is 24.4 Å². The monoisotopic (exact) mass is 392 g/mol. The molecule has 0 aromatic carbocycles. The van der Waals surface area contributed by atoms with Crippen LogP contribution in [-0.4, -0.2) is 65.9 Å². The molecule has 0 spiro atoms. The van der Waals surface area contributed by atoms with Gasteiger partial charge in [0.15, 0.2) is 5.69 Å². The van der Waals surface area contributed by atoms with Crippen molar-refractivity contribution in [3.05, 3.63) is 35.9 Å². The Labute approximate surface area is 161 Å². The molecule has 1 amide bonds. The van der Waals surface area contributed by atoms with Gasteiger partial charge in [-0.3, -0.25) is 4.79 Å². The van der Waals surface area contributed by atoms with E-state index in [9.17, 15) is 13.2 Å². The number of imidazole rings is 1. The number of unbranched alkanes of at least 4 members (excludes halogenated alkanes) is 1. The van der Waals surface area contributed by atoms with E-state index in [1.807, 2.05) is 28.8 Å². The van der Waals surface area contributed by atoms with Crippen molar-refractivity contribution in [2.75, 3.05) is 32.9 Å². The van der Waals surface area contributed by atoms with Crippen molar-refractivity contribution in [2.24, 2.45) is 0 Å². The summed E-state index contributed by atoms with van der Waals surface area (Å²) in [6.45, 7) is 3.75. The summed E-state index contributed by atoms with van der Waals surface area (Å²) in [5.74, 6) is 0.659. The number of carbonyl (C=O) groups is 1. The normalized spacial score (nSPS) is 18.7. The second kappa shape index (κ2) is 7.98. The number of nitrogens with zero attached hydrogens (tertiary/aromatic N) is 4. The van der Waals surface area contributed by atoms with Crippen molar-refractivity contribution in [3.8, 4) is 0 Å². The molecule has 1 aliphatic rings. The maximum absolute atomic E-state index is 12.9. The Morgan fingerprint density at radius 2 is 2.15 bits per heavy atom. The fraction of sp³-hybridized carbons (Fsp3) is 0.579. The van der Waals surface area contributed by atoms with Gasteiger partial charge in [-0.15, -0.1) is 0 Å². The number of sulfonamides is 1. The van der Waals surface area contributed by atoms with Crippen LogP contribution in [0.5, 0.6) is 0 Å². The Kier molecular flexibility index (Phi) is 5.86. The predicted octanol–water partition coefficient (Wildman–Crippen LogP) is 2.35. The Bertz CT molecular complexity index is 922. The van der Waals surface area contributed by atoms with Crippen LogP contribution < -0.4 is 0 Å². The molecule has 1 fully saturated rings. The first-order valence-electron chi connectivity index (χ1n) is 9.50. The summed E-state index contributed by atoms with van der Waals surface area (Å²) < 4.78 is 27.4. The zero-order valence-electron chi connectivity index (χ0n) is 16.3. The lowest BCUT2D eigenvalue weighted by atomic mass is 9.99. The van der Waals surface area contributed by atoms with E-state index >= 15 is 0 Å². The van der Waals surface area contributed by atoms with Crippen molar-refractivity contribution in [1.82, 2.24) is 18.6 Å². The fourth-order valence-corrected chi connectivity index (χ4v) is 4.55. The second-order valence-corrected chi connectivity index (χ2v) is 9.30. The SMILES string of the molecule is CCCCN(C)C(=O)c1nc([C@H]2CCCN(S(C)(=O)=O)C2)n2ccccc12. The number of hydrogen-bond donors (Lipinski definition) is 0. The van der Waals surface area contributed by atoms with Crippen LogP contribution in [0, 0.1) is 0 Å². The topological polar surface area (TPSA) is 75.0 Å². The quantitative estimate of drug-likeness (QED) is 0.756. The summed E-state index contributed by atoms with van der Waals surface area (Å²) in [5.41, 5.74) is 1.22. The van der Waals surface area contributed by atoms with Crippen molar-refractivity contribution in [3.63, 3.8) is 0 Å². The summed E-state index contributed by atoms with van der Waals surface area (Å²) in [6.07, 6.45) is 6.78. The third-order valence-corrected chi connectivity index (χ3v) is 6.46. The largest absolute Gasteiger partial charge is 0.340 e. The number of carbonyl (C=O) groups excluding carboxylic acids is 1. The summed E-state index contributed by atoms with van der Waals surface area (Å²) in [5, 5.41) is 0. The molecular formula is C19H28N4O3S. The van der Waals surface area contributed by atoms with Gasteiger partial charge in [0.25, 0.3) is 5.91 Å². The highest BCUT2D eigenvalue weighted by Gasteiger charge is 2.31. The number of amides is 1. The van der Waals surface area contributed by atoms with Crippen molar-refractivity contribution in [2.45, 2.75) is 38.5 Å². The fourth-order valence-electron chi connectivity index (χ4n) is 3.64. The molecule has 8 heteroatoms. The number of piperidine rings is 1. The average Bonchev–Trinajstić information content (AvgIpc) is 3.04. The Morgan fingerprint density at radius 3 is 2.85 bits per heavy atom. The van der Waals surface area contributed by atoms with E-state index in [2.05, 4.69) is 6.92 Å². The first kappa shape index (κ1) is 19.8. The third kappa shape index (κ3) is 4.16. The van der Waals surface area contributed by atoms with Crippen LogP contribution in [0.25, 0.3) is 5.52 Å². The van der Waals surface area contributed by atoms with E-state index < -0.39 is 10.0 Å². The smallest absolute Gasteiger partial charge is 0.274 e. The van der Waals surface area contributed by atoms with Gasteiger partial charge in [-0.05, 0) is 31.4 Å². The van der Waals surface area contributed by atoms with Gasteiger partial charge in [0.2, 0.25) is 10.0 Å². The first-order valence-corrected chi connectivity index (χ1v) is 11.3. The minimum absolute atomic E-state index is 0.0223. The molecule has 7 nitrogen and oxygen atoms in total.